The van der Waals surface area contributed by atoms with Gasteiger partial charge in [0.25, 0.3) is 0 Å². The molecule has 0 amide bonds. The van der Waals surface area contributed by atoms with Crippen molar-refractivity contribution < 1.29 is 9.90 Å². The van der Waals surface area contributed by atoms with Crippen LogP contribution in [-0.2, 0) is 10.5 Å². The van der Waals surface area contributed by atoms with Gasteiger partial charge in [-0.15, -0.1) is 0 Å². The smallest absolute Gasteiger partial charge is 0.307 e. The van der Waals surface area contributed by atoms with Crippen molar-refractivity contribution in [1.29, 1.82) is 0 Å². The highest BCUT2D eigenvalue weighted by atomic mass is 35.5. The number of thioether (sulfide) groups is 1. The van der Waals surface area contributed by atoms with E-state index >= 15 is 0 Å². The summed E-state index contributed by atoms with van der Waals surface area (Å²) in [7, 11) is 0. The molecule has 0 aliphatic carbocycles. The third-order valence-corrected chi connectivity index (χ3v) is 3.68. The zero-order valence-corrected chi connectivity index (χ0v) is 10.9. The number of carboxylic acids is 1. The monoisotopic (exact) mass is 279 g/mol. The number of rotatable bonds is 5. The molecule has 1 aromatic heterocycles. The SMILES string of the molecule is CC(CSCc1nc(Cl)ccc1Cl)C(=O)O. The Morgan fingerprint density at radius 3 is 2.88 bits per heavy atom. The van der Waals surface area contributed by atoms with Gasteiger partial charge < -0.3 is 5.11 Å². The second-order valence-electron chi connectivity index (χ2n) is 3.32. The molecule has 0 aliphatic rings. The number of carboxylic acid groups (broad SMARTS) is 1. The van der Waals surface area contributed by atoms with Crippen LogP contribution in [0.5, 0.6) is 0 Å². The van der Waals surface area contributed by atoms with Crippen molar-refractivity contribution >= 4 is 40.9 Å². The molecule has 6 heteroatoms. The fourth-order valence-electron chi connectivity index (χ4n) is 0.963. The quantitative estimate of drug-likeness (QED) is 0.840. The van der Waals surface area contributed by atoms with Crippen LogP contribution in [-0.4, -0.2) is 21.8 Å². The van der Waals surface area contributed by atoms with Gasteiger partial charge >= 0.3 is 5.97 Å². The van der Waals surface area contributed by atoms with Crippen molar-refractivity contribution in [2.75, 3.05) is 5.75 Å². The molecule has 0 radical (unpaired) electrons. The van der Waals surface area contributed by atoms with Crippen LogP contribution >= 0.6 is 35.0 Å². The van der Waals surface area contributed by atoms with E-state index in [9.17, 15) is 4.79 Å². The lowest BCUT2D eigenvalue weighted by atomic mass is 10.2. The van der Waals surface area contributed by atoms with Crippen LogP contribution in [0.2, 0.25) is 10.2 Å². The Hall–Kier alpha value is -0.450. The molecule has 1 aromatic rings. The van der Waals surface area contributed by atoms with Gasteiger partial charge in [-0.3, -0.25) is 4.79 Å². The highest BCUT2D eigenvalue weighted by molar-refractivity contribution is 7.98. The lowest BCUT2D eigenvalue weighted by molar-refractivity contribution is -0.140. The average molecular weight is 280 g/mol. The first-order chi connectivity index (χ1) is 7.50. The van der Waals surface area contributed by atoms with E-state index in [0.29, 0.717) is 27.4 Å². The number of hydrogen-bond donors (Lipinski definition) is 1. The van der Waals surface area contributed by atoms with E-state index in [1.165, 1.54) is 11.8 Å². The molecule has 0 fully saturated rings. The number of nitrogens with zero attached hydrogens (tertiary/aromatic N) is 1. The summed E-state index contributed by atoms with van der Waals surface area (Å²) in [4.78, 5) is 14.7. The van der Waals surface area contributed by atoms with E-state index in [4.69, 9.17) is 28.3 Å². The molecule has 1 heterocycles. The van der Waals surface area contributed by atoms with Gasteiger partial charge in [-0.1, -0.05) is 30.1 Å². The van der Waals surface area contributed by atoms with Crippen molar-refractivity contribution in [2.45, 2.75) is 12.7 Å². The molecular weight excluding hydrogens is 269 g/mol. The Morgan fingerprint density at radius 2 is 2.25 bits per heavy atom. The molecule has 1 rings (SSSR count). The van der Waals surface area contributed by atoms with E-state index in [2.05, 4.69) is 4.98 Å². The maximum Gasteiger partial charge on any atom is 0.307 e. The van der Waals surface area contributed by atoms with Gasteiger partial charge in [-0.25, -0.2) is 4.98 Å². The molecule has 88 valence electrons. The van der Waals surface area contributed by atoms with Crippen molar-refractivity contribution in [2.24, 2.45) is 5.92 Å². The summed E-state index contributed by atoms with van der Waals surface area (Å²) in [5, 5.41) is 9.65. The topological polar surface area (TPSA) is 50.2 Å². The van der Waals surface area contributed by atoms with Gasteiger partial charge in [0.1, 0.15) is 5.15 Å². The van der Waals surface area contributed by atoms with Crippen LogP contribution in [0.4, 0.5) is 0 Å². The minimum absolute atomic E-state index is 0.372. The number of hydrogen-bond acceptors (Lipinski definition) is 3. The highest BCUT2D eigenvalue weighted by Gasteiger charge is 2.11. The second kappa shape index (κ2) is 6.33. The molecule has 1 unspecified atom stereocenters. The van der Waals surface area contributed by atoms with Crippen LogP contribution in [0.15, 0.2) is 12.1 Å². The number of halogens is 2. The molecule has 0 aliphatic heterocycles. The Labute approximate surface area is 108 Å². The largest absolute Gasteiger partial charge is 0.481 e. The predicted molar refractivity (Wildman–Crippen MR) is 67.2 cm³/mol. The zero-order valence-electron chi connectivity index (χ0n) is 8.61. The van der Waals surface area contributed by atoms with E-state index in [1.54, 1.807) is 19.1 Å². The Morgan fingerprint density at radius 1 is 1.56 bits per heavy atom. The summed E-state index contributed by atoms with van der Waals surface area (Å²) >= 11 is 13.1. The fourth-order valence-corrected chi connectivity index (χ4v) is 2.41. The zero-order chi connectivity index (χ0) is 12.1. The highest BCUT2D eigenvalue weighted by Crippen LogP contribution is 2.22. The van der Waals surface area contributed by atoms with Crippen molar-refractivity contribution in [1.82, 2.24) is 4.98 Å². The molecule has 0 bridgehead atoms. The molecule has 0 saturated heterocycles. The van der Waals surface area contributed by atoms with E-state index in [0.717, 1.165) is 0 Å². The van der Waals surface area contributed by atoms with Gasteiger partial charge in [0.15, 0.2) is 0 Å². The molecule has 1 N–H and O–H groups in total. The van der Waals surface area contributed by atoms with Gasteiger partial charge in [0.2, 0.25) is 0 Å². The minimum atomic E-state index is -0.794. The van der Waals surface area contributed by atoms with E-state index < -0.39 is 5.97 Å². The van der Waals surface area contributed by atoms with Crippen LogP contribution in [0.25, 0.3) is 0 Å². The van der Waals surface area contributed by atoms with Gasteiger partial charge in [-0.05, 0) is 12.1 Å². The maximum atomic E-state index is 10.6. The molecule has 3 nitrogen and oxygen atoms in total. The summed E-state index contributed by atoms with van der Waals surface area (Å²) in [6.07, 6.45) is 0. The van der Waals surface area contributed by atoms with Crippen LogP contribution in [0.3, 0.4) is 0 Å². The van der Waals surface area contributed by atoms with E-state index in [1.807, 2.05) is 0 Å². The summed E-state index contributed by atoms with van der Waals surface area (Å²) < 4.78 is 0. The van der Waals surface area contributed by atoms with E-state index in [-0.39, 0.29) is 5.92 Å². The van der Waals surface area contributed by atoms with Gasteiger partial charge in [-0.2, -0.15) is 11.8 Å². The summed E-state index contributed by atoms with van der Waals surface area (Å²) in [5.41, 5.74) is 0.691. The Bertz CT molecular complexity index is 387. The standard InChI is InChI=1S/C10H11Cl2NO2S/c1-6(10(14)15)4-16-5-8-7(11)2-3-9(12)13-8/h2-3,6H,4-5H2,1H3,(H,14,15). The van der Waals surface area contributed by atoms with Crippen molar-refractivity contribution in [3.8, 4) is 0 Å². The fraction of sp³-hybridized carbons (Fsp3) is 0.400. The third-order valence-electron chi connectivity index (χ3n) is 1.91. The Kier molecular flexibility index (Phi) is 5.38. The molecule has 1 atom stereocenters. The van der Waals surface area contributed by atoms with Crippen LogP contribution < -0.4 is 0 Å². The summed E-state index contributed by atoms with van der Waals surface area (Å²) in [6, 6.07) is 3.31. The summed E-state index contributed by atoms with van der Waals surface area (Å²) in [5.74, 6) is -0.0720. The maximum absolute atomic E-state index is 10.6. The Balaban J connectivity index is 2.48. The lowest BCUT2D eigenvalue weighted by Crippen LogP contribution is -2.11. The van der Waals surface area contributed by atoms with Gasteiger partial charge in [0.05, 0.1) is 16.6 Å². The first-order valence-corrected chi connectivity index (χ1v) is 6.53. The minimum Gasteiger partial charge on any atom is -0.481 e. The second-order valence-corrected chi connectivity index (χ2v) is 5.14. The first-order valence-electron chi connectivity index (χ1n) is 4.62. The van der Waals surface area contributed by atoms with Crippen molar-refractivity contribution in [3.63, 3.8) is 0 Å². The normalized spacial score (nSPS) is 12.4. The van der Waals surface area contributed by atoms with Crippen LogP contribution in [0.1, 0.15) is 12.6 Å². The number of aromatic nitrogens is 1. The molecular formula is C10H11Cl2NO2S. The number of pyridine rings is 1. The van der Waals surface area contributed by atoms with Crippen molar-refractivity contribution in [3.05, 3.63) is 28.0 Å². The molecule has 0 saturated carbocycles. The summed E-state index contributed by atoms with van der Waals surface area (Å²) in [6.45, 7) is 1.67. The van der Waals surface area contributed by atoms with Crippen LogP contribution in [0, 0.1) is 5.92 Å². The lowest BCUT2D eigenvalue weighted by Gasteiger charge is -2.06. The number of aliphatic carboxylic acids is 1. The molecule has 0 aromatic carbocycles. The predicted octanol–water partition coefficient (Wildman–Crippen LogP) is 3.34. The molecule has 0 spiro atoms. The number of carbonyl (C=O) groups is 1. The molecule has 16 heavy (non-hydrogen) atoms. The van der Waals surface area contributed by atoms with Gasteiger partial charge in [0, 0.05) is 11.5 Å². The third kappa shape index (κ3) is 4.20. The first kappa shape index (κ1) is 13.6. The average Bonchev–Trinajstić information content (AvgIpc) is 2.22.